The van der Waals surface area contributed by atoms with Crippen molar-refractivity contribution < 1.29 is 0 Å². The summed E-state index contributed by atoms with van der Waals surface area (Å²) in [6, 6.07) is 61.5. The molecule has 0 N–H and O–H groups in total. The second kappa shape index (κ2) is 12.2. The van der Waals surface area contributed by atoms with Gasteiger partial charge in [0.1, 0.15) is 0 Å². The number of hydrogen-bond donors (Lipinski definition) is 0. The summed E-state index contributed by atoms with van der Waals surface area (Å²) in [4.78, 5) is 16.2. The van der Waals surface area contributed by atoms with E-state index < -0.39 is 0 Å². The van der Waals surface area contributed by atoms with Crippen LogP contribution in [0.25, 0.3) is 39.1 Å². The molecule has 0 bridgehead atoms. The summed E-state index contributed by atoms with van der Waals surface area (Å²) in [7, 11) is 0. The van der Waals surface area contributed by atoms with Gasteiger partial charge in [-0.2, -0.15) is 0 Å². The van der Waals surface area contributed by atoms with Crippen molar-refractivity contribution >= 4 is 46.9 Å². The van der Waals surface area contributed by atoms with Crippen LogP contribution in [0.1, 0.15) is 42.5 Å². The molecule has 0 spiro atoms. The van der Waals surface area contributed by atoms with Crippen molar-refractivity contribution in [3.8, 4) is 33.4 Å². The van der Waals surface area contributed by atoms with Gasteiger partial charge in [-0.15, -0.1) is 0 Å². The number of fused-ring (bicyclic) bond motifs is 7. The second-order valence-corrected chi connectivity index (χ2v) is 15.3. The van der Waals surface area contributed by atoms with E-state index in [-0.39, 0.29) is 12.4 Å². The number of nitrogens with zero attached hydrogens (tertiary/aromatic N) is 4. The van der Waals surface area contributed by atoms with Crippen molar-refractivity contribution in [3.05, 3.63) is 198 Å². The lowest BCUT2D eigenvalue weighted by Gasteiger charge is -2.47. The molecule has 4 aliphatic rings. The van der Waals surface area contributed by atoms with E-state index in [2.05, 4.69) is 199 Å². The predicted molar refractivity (Wildman–Crippen MR) is 231 cm³/mol. The van der Waals surface area contributed by atoms with Crippen LogP contribution in [0.3, 0.4) is 0 Å². The first-order valence-electron chi connectivity index (χ1n) is 19.2. The van der Waals surface area contributed by atoms with Crippen LogP contribution >= 0.6 is 0 Å². The Kier molecular flexibility index (Phi) is 7.02. The normalized spacial score (nSPS) is 15.7. The molecule has 0 amide bonds. The van der Waals surface area contributed by atoms with E-state index in [0.717, 1.165) is 33.9 Å². The topological polar surface area (TPSA) is 31.2 Å². The van der Waals surface area contributed by atoms with Crippen LogP contribution in [0.5, 0.6) is 0 Å². The Balaban J connectivity index is 1.24. The molecular weight excluding hydrogens is 667 g/mol. The summed E-state index contributed by atoms with van der Waals surface area (Å²) < 4.78 is 0. The molecule has 7 aromatic carbocycles. The van der Waals surface area contributed by atoms with Gasteiger partial charge in [0.2, 0.25) is 5.96 Å². The van der Waals surface area contributed by atoms with Crippen molar-refractivity contribution in [1.29, 1.82) is 0 Å². The average molecular weight is 705 g/mol. The Bertz CT molecular complexity index is 2770. The number of benzene rings is 7. The van der Waals surface area contributed by atoms with E-state index in [1.807, 2.05) is 0 Å². The van der Waals surface area contributed by atoms with Crippen LogP contribution in [0, 0.1) is 0 Å². The van der Waals surface area contributed by atoms with E-state index in [9.17, 15) is 0 Å². The molecule has 11 rings (SSSR count). The van der Waals surface area contributed by atoms with E-state index in [4.69, 9.17) is 9.98 Å². The maximum Gasteiger partial charge on any atom is 0.424 e. The van der Waals surface area contributed by atoms with Crippen LogP contribution in [-0.4, -0.2) is 18.7 Å². The fourth-order valence-electron chi connectivity index (χ4n) is 9.44. The highest BCUT2D eigenvalue weighted by molar-refractivity contribution is 6.88. The highest BCUT2D eigenvalue weighted by atomic mass is 15.3. The SMILES string of the molecule is CC1(C)c2ccccc2-c2c(N3B4c5c(cccc5-c5ccccc53)-c3ccccc3N4C3=NC(c4ccccc4)=CCC(c4ccccc4)=N3)cccc21. The van der Waals surface area contributed by atoms with Crippen molar-refractivity contribution in [2.45, 2.75) is 25.7 Å². The number of anilines is 3. The van der Waals surface area contributed by atoms with E-state index >= 15 is 0 Å². The van der Waals surface area contributed by atoms with Gasteiger partial charge in [0, 0.05) is 45.6 Å². The van der Waals surface area contributed by atoms with Gasteiger partial charge in [-0.1, -0.05) is 172 Å². The minimum atomic E-state index is -0.298. The quantitative estimate of drug-likeness (QED) is 0.172. The van der Waals surface area contributed by atoms with Gasteiger partial charge >= 0.3 is 6.98 Å². The Hall–Kier alpha value is -6.72. The predicted octanol–water partition coefficient (Wildman–Crippen LogP) is 11.3. The summed E-state index contributed by atoms with van der Waals surface area (Å²) in [6.45, 7) is 4.42. The lowest BCUT2D eigenvalue weighted by molar-refractivity contribution is 0.660. The first-order chi connectivity index (χ1) is 27.1. The molecular formula is C50H37BN4. The lowest BCUT2D eigenvalue weighted by Crippen LogP contribution is -2.65. The molecule has 0 unspecified atom stereocenters. The molecule has 0 saturated carbocycles. The number of aliphatic imine (C=N–C) groups is 2. The van der Waals surface area contributed by atoms with Crippen LogP contribution in [0.4, 0.5) is 17.1 Å². The molecule has 55 heavy (non-hydrogen) atoms. The van der Waals surface area contributed by atoms with Gasteiger partial charge in [0.25, 0.3) is 0 Å². The van der Waals surface area contributed by atoms with E-state index in [1.165, 1.54) is 55.7 Å². The maximum absolute atomic E-state index is 5.60. The summed E-state index contributed by atoms with van der Waals surface area (Å²) >= 11 is 0. The number of allylic oxidation sites excluding steroid dienone is 1. The fraction of sp³-hybridized carbons (Fsp3) is 0.0800. The first kappa shape index (κ1) is 31.8. The Morgan fingerprint density at radius 3 is 1.71 bits per heavy atom. The third-order valence-corrected chi connectivity index (χ3v) is 11.9. The second-order valence-electron chi connectivity index (χ2n) is 15.3. The molecule has 1 aliphatic carbocycles. The van der Waals surface area contributed by atoms with Gasteiger partial charge in [-0.25, -0.2) is 9.98 Å². The van der Waals surface area contributed by atoms with E-state index in [1.54, 1.807) is 0 Å². The third kappa shape index (κ3) is 4.72. The molecule has 0 atom stereocenters. The number of guanidine groups is 1. The Morgan fingerprint density at radius 2 is 1.00 bits per heavy atom. The maximum atomic E-state index is 5.60. The molecule has 7 aromatic rings. The molecule has 3 heterocycles. The minimum Gasteiger partial charge on any atom is -0.360 e. The Labute approximate surface area is 322 Å². The minimum absolute atomic E-state index is 0.144. The number of rotatable bonds is 3. The first-order valence-corrected chi connectivity index (χ1v) is 19.2. The summed E-state index contributed by atoms with van der Waals surface area (Å²) in [5, 5.41) is 0. The van der Waals surface area contributed by atoms with Crippen molar-refractivity contribution in [2.75, 3.05) is 9.62 Å². The zero-order chi connectivity index (χ0) is 36.7. The molecule has 4 nitrogen and oxygen atoms in total. The fourth-order valence-corrected chi connectivity index (χ4v) is 9.44. The largest absolute Gasteiger partial charge is 0.424 e. The van der Waals surface area contributed by atoms with Crippen molar-refractivity contribution in [2.24, 2.45) is 9.98 Å². The highest BCUT2D eigenvalue weighted by Crippen LogP contribution is 2.55. The number of para-hydroxylation sites is 2. The van der Waals surface area contributed by atoms with Crippen LogP contribution in [0.2, 0.25) is 0 Å². The van der Waals surface area contributed by atoms with E-state index in [0.29, 0.717) is 12.4 Å². The van der Waals surface area contributed by atoms with Crippen LogP contribution in [0.15, 0.2) is 186 Å². The molecule has 260 valence electrons. The van der Waals surface area contributed by atoms with Gasteiger partial charge in [0.15, 0.2) is 0 Å². The highest BCUT2D eigenvalue weighted by Gasteiger charge is 2.49. The zero-order valence-corrected chi connectivity index (χ0v) is 30.8. The summed E-state index contributed by atoms with van der Waals surface area (Å²) in [5.74, 6) is 0.669. The molecule has 5 heteroatoms. The number of hydrogen-bond acceptors (Lipinski definition) is 4. The molecule has 0 radical (unpaired) electrons. The monoisotopic (exact) mass is 704 g/mol. The molecule has 0 saturated heterocycles. The molecule has 3 aliphatic heterocycles. The lowest BCUT2D eigenvalue weighted by atomic mass is 9.53. The Morgan fingerprint density at radius 1 is 0.473 bits per heavy atom. The standard InChI is InChI=1S/C50H37BN4/c1-50(2)40-26-12-9-23-39(40)47-41(50)27-16-30-46(47)54-44-28-13-10-21-35(44)37-24-15-25-38-36-22-11-14-29-45(36)55(51(54)48(37)38)49-52-42(33-17-5-3-6-18-33)31-32-43(53-49)34-19-7-4-8-20-34/h3-31H,32H2,1-2H3. The van der Waals surface area contributed by atoms with Crippen molar-refractivity contribution in [3.63, 3.8) is 0 Å². The van der Waals surface area contributed by atoms with Crippen molar-refractivity contribution in [1.82, 2.24) is 0 Å². The zero-order valence-electron chi connectivity index (χ0n) is 30.8. The summed E-state index contributed by atoms with van der Waals surface area (Å²) in [5.41, 5.74) is 18.8. The van der Waals surface area contributed by atoms with Gasteiger partial charge in [-0.05, 0) is 62.6 Å². The average Bonchev–Trinajstić information content (AvgIpc) is 3.34. The summed E-state index contributed by atoms with van der Waals surface area (Å²) in [6.07, 6.45) is 2.90. The third-order valence-electron chi connectivity index (χ3n) is 11.9. The molecule has 0 fully saturated rings. The van der Waals surface area contributed by atoms with Crippen LogP contribution < -0.4 is 15.1 Å². The smallest absolute Gasteiger partial charge is 0.360 e. The van der Waals surface area contributed by atoms with Gasteiger partial charge in [0.05, 0.1) is 11.4 Å². The van der Waals surface area contributed by atoms with Gasteiger partial charge in [-0.3, -0.25) is 0 Å². The molecule has 0 aromatic heterocycles. The van der Waals surface area contributed by atoms with Crippen LogP contribution in [-0.2, 0) is 5.41 Å². The van der Waals surface area contributed by atoms with Gasteiger partial charge < -0.3 is 9.62 Å².